The minimum atomic E-state index is -0.947. The maximum atomic E-state index is 12.5. The van der Waals surface area contributed by atoms with E-state index in [2.05, 4.69) is 5.32 Å². The molecule has 2 N–H and O–H groups in total. The van der Waals surface area contributed by atoms with Gasteiger partial charge in [0, 0.05) is 5.02 Å². The number of carbonyl (C=O) groups excluding carboxylic acids is 2. The molecule has 1 saturated heterocycles. The summed E-state index contributed by atoms with van der Waals surface area (Å²) in [6.45, 7) is -0.0777. The van der Waals surface area contributed by atoms with E-state index in [-0.39, 0.29) is 19.1 Å². The third-order valence-corrected chi connectivity index (χ3v) is 4.60. The van der Waals surface area contributed by atoms with Gasteiger partial charge in [0.1, 0.15) is 24.0 Å². The first kappa shape index (κ1) is 16.1. The first-order chi connectivity index (χ1) is 11.0. The summed E-state index contributed by atoms with van der Waals surface area (Å²) in [6, 6.07) is 6.32. The van der Waals surface area contributed by atoms with Crippen molar-refractivity contribution in [2.24, 2.45) is 0 Å². The van der Waals surface area contributed by atoms with E-state index in [0.29, 0.717) is 23.6 Å². The molecule has 1 atom stereocenters. The van der Waals surface area contributed by atoms with Crippen LogP contribution < -0.4 is 10.1 Å². The second kappa shape index (κ2) is 6.37. The highest BCUT2D eigenvalue weighted by molar-refractivity contribution is 6.30. The molecule has 2 fully saturated rings. The second-order valence-corrected chi connectivity index (χ2v) is 6.49. The lowest BCUT2D eigenvalue weighted by molar-refractivity contribution is -0.132. The van der Waals surface area contributed by atoms with Gasteiger partial charge in [-0.3, -0.25) is 9.69 Å². The van der Waals surface area contributed by atoms with Crippen LogP contribution in [0.15, 0.2) is 24.3 Å². The smallest absolute Gasteiger partial charge is 0.325 e. The van der Waals surface area contributed by atoms with Crippen molar-refractivity contribution in [3.05, 3.63) is 29.3 Å². The number of urea groups is 1. The van der Waals surface area contributed by atoms with E-state index in [9.17, 15) is 14.7 Å². The first-order valence-electron chi connectivity index (χ1n) is 7.71. The van der Waals surface area contributed by atoms with Crippen molar-refractivity contribution in [2.75, 3.05) is 13.2 Å². The molecule has 2 aliphatic rings. The van der Waals surface area contributed by atoms with Gasteiger partial charge < -0.3 is 15.2 Å². The molecule has 0 radical (unpaired) electrons. The van der Waals surface area contributed by atoms with Gasteiger partial charge in [-0.05, 0) is 37.1 Å². The van der Waals surface area contributed by atoms with E-state index < -0.39 is 17.7 Å². The van der Waals surface area contributed by atoms with Crippen molar-refractivity contribution >= 4 is 23.5 Å². The van der Waals surface area contributed by atoms with E-state index in [1.165, 1.54) is 0 Å². The number of β-amino-alcohol motifs (C(OH)–C–C–N with tert-alkyl or cyclic N) is 1. The number of benzene rings is 1. The van der Waals surface area contributed by atoms with E-state index in [4.69, 9.17) is 16.3 Å². The Kier molecular flexibility index (Phi) is 4.46. The van der Waals surface area contributed by atoms with Crippen molar-refractivity contribution in [2.45, 2.75) is 37.3 Å². The largest absolute Gasteiger partial charge is 0.491 e. The summed E-state index contributed by atoms with van der Waals surface area (Å²) < 4.78 is 5.44. The Hall–Kier alpha value is -1.79. The number of ether oxygens (including phenoxy) is 1. The van der Waals surface area contributed by atoms with E-state index in [0.717, 1.165) is 17.7 Å². The van der Waals surface area contributed by atoms with Crippen LogP contribution in [-0.4, -0.2) is 46.7 Å². The number of imide groups is 1. The van der Waals surface area contributed by atoms with Crippen LogP contribution >= 0.6 is 11.6 Å². The van der Waals surface area contributed by atoms with Crippen molar-refractivity contribution in [3.8, 4) is 5.75 Å². The monoisotopic (exact) mass is 338 g/mol. The number of amides is 3. The van der Waals surface area contributed by atoms with Gasteiger partial charge in [0.25, 0.3) is 5.91 Å². The van der Waals surface area contributed by atoms with Crippen LogP contribution in [0.3, 0.4) is 0 Å². The van der Waals surface area contributed by atoms with Crippen LogP contribution in [0.4, 0.5) is 4.79 Å². The highest BCUT2D eigenvalue weighted by Crippen LogP contribution is 2.35. The predicted octanol–water partition coefficient (Wildman–Crippen LogP) is 1.94. The molecule has 1 aliphatic heterocycles. The van der Waals surface area contributed by atoms with Gasteiger partial charge >= 0.3 is 6.03 Å². The Morgan fingerprint density at radius 2 is 1.91 bits per heavy atom. The average Bonchev–Trinajstić information content (AvgIpc) is 3.08. The number of hydrogen-bond donors (Lipinski definition) is 2. The molecular formula is C16H19ClN2O4. The molecule has 23 heavy (non-hydrogen) atoms. The molecule has 1 aliphatic carbocycles. The molecule has 0 aromatic heterocycles. The molecule has 124 valence electrons. The molecule has 1 aromatic carbocycles. The van der Waals surface area contributed by atoms with E-state index in [1.807, 2.05) is 0 Å². The lowest BCUT2D eigenvalue weighted by atomic mass is 9.98. The number of aliphatic hydroxyl groups is 1. The quantitative estimate of drug-likeness (QED) is 0.804. The summed E-state index contributed by atoms with van der Waals surface area (Å²) in [6.07, 6.45) is 2.26. The zero-order chi connectivity index (χ0) is 16.4. The SMILES string of the molecule is O=C1NC2(CCCC2)C(=O)N1C[C@H](O)COc1ccc(Cl)cc1. The highest BCUT2D eigenvalue weighted by Gasteiger charge is 2.52. The van der Waals surface area contributed by atoms with Gasteiger partial charge in [-0.2, -0.15) is 0 Å². The van der Waals surface area contributed by atoms with Gasteiger partial charge in [0.05, 0.1) is 6.54 Å². The van der Waals surface area contributed by atoms with Crippen molar-refractivity contribution in [1.82, 2.24) is 10.2 Å². The number of nitrogens with one attached hydrogen (secondary N) is 1. The van der Waals surface area contributed by atoms with Gasteiger partial charge in [0.2, 0.25) is 0 Å². The first-order valence-corrected chi connectivity index (χ1v) is 8.08. The maximum Gasteiger partial charge on any atom is 0.325 e. The van der Waals surface area contributed by atoms with E-state index >= 15 is 0 Å². The molecule has 7 heteroatoms. The second-order valence-electron chi connectivity index (χ2n) is 6.05. The molecule has 6 nitrogen and oxygen atoms in total. The Balaban J connectivity index is 1.55. The van der Waals surface area contributed by atoms with Gasteiger partial charge in [-0.25, -0.2) is 4.79 Å². The average molecular weight is 339 g/mol. The Morgan fingerprint density at radius 3 is 2.57 bits per heavy atom. The van der Waals surface area contributed by atoms with Crippen molar-refractivity contribution in [3.63, 3.8) is 0 Å². The number of aliphatic hydroxyl groups excluding tert-OH is 1. The number of carbonyl (C=O) groups is 2. The predicted molar refractivity (Wildman–Crippen MR) is 84.4 cm³/mol. The fraction of sp³-hybridized carbons (Fsp3) is 0.500. The molecule has 1 heterocycles. The summed E-state index contributed by atoms with van der Waals surface area (Å²) >= 11 is 5.79. The minimum absolute atomic E-state index is 0.00824. The standard InChI is InChI=1S/C16H19ClN2O4/c17-11-3-5-13(6-4-11)23-10-12(20)9-19-14(21)16(18-15(19)22)7-1-2-8-16/h3-6,12,20H,1-2,7-10H2,(H,18,22)/t12-/m0/s1. The number of hydrogen-bond acceptors (Lipinski definition) is 4. The molecule has 3 amide bonds. The third-order valence-electron chi connectivity index (χ3n) is 4.35. The number of halogens is 1. The van der Waals surface area contributed by atoms with E-state index in [1.54, 1.807) is 24.3 Å². The molecular weight excluding hydrogens is 320 g/mol. The molecule has 0 unspecified atom stereocenters. The van der Waals surface area contributed by atoms with Gasteiger partial charge in [-0.1, -0.05) is 24.4 Å². The molecule has 3 rings (SSSR count). The van der Waals surface area contributed by atoms with Crippen LogP contribution in [0.5, 0.6) is 5.75 Å². The summed E-state index contributed by atoms with van der Waals surface area (Å²) in [4.78, 5) is 25.6. The number of rotatable bonds is 5. The molecule has 0 bridgehead atoms. The summed E-state index contributed by atoms with van der Waals surface area (Å²) in [5.41, 5.74) is -0.742. The van der Waals surface area contributed by atoms with Gasteiger partial charge in [-0.15, -0.1) is 0 Å². The molecule has 1 saturated carbocycles. The molecule has 1 spiro atoms. The Bertz CT molecular complexity index is 599. The summed E-state index contributed by atoms with van der Waals surface area (Å²) in [5.74, 6) is 0.337. The van der Waals surface area contributed by atoms with Crippen LogP contribution in [0.1, 0.15) is 25.7 Å². The van der Waals surface area contributed by atoms with Gasteiger partial charge in [0.15, 0.2) is 0 Å². The van der Waals surface area contributed by atoms with Crippen LogP contribution in [-0.2, 0) is 4.79 Å². The third kappa shape index (κ3) is 3.28. The van der Waals surface area contributed by atoms with Crippen LogP contribution in [0.25, 0.3) is 0 Å². The van der Waals surface area contributed by atoms with Crippen molar-refractivity contribution in [1.29, 1.82) is 0 Å². The lowest BCUT2D eigenvalue weighted by Crippen LogP contribution is -2.45. The summed E-state index contributed by atoms with van der Waals surface area (Å²) in [7, 11) is 0. The fourth-order valence-electron chi connectivity index (χ4n) is 3.15. The zero-order valence-electron chi connectivity index (χ0n) is 12.6. The fourth-order valence-corrected chi connectivity index (χ4v) is 3.27. The lowest BCUT2D eigenvalue weighted by Gasteiger charge is -2.21. The van der Waals surface area contributed by atoms with Crippen LogP contribution in [0, 0.1) is 0 Å². The summed E-state index contributed by atoms with van der Waals surface area (Å²) in [5, 5.41) is 13.4. The Labute approximate surface area is 139 Å². The highest BCUT2D eigenvalue weighted by atomic mass is 35.5. The topological polar surface area (TPSA) is 78.9 Å². The van der Waals surface area contributed by atoms with Crippen molar-refractivity contribution < 1.29 is 19.4 Å². The maximum absolute atomic E-state index is 12.5. The molecule has 1 aromatic rings. The zero-order valence-corrected chi connectivity index (χ0v) is 13.4. The minimum Gasteiger partial charge on any atom is -0.491 e. The van der Waals surface area contributed by atoms with Crippen LogP contribution in [0.2, 0.25) is 5.02 Å². The normalized spacial score (nSPS) is 20.9. The Morgan fingerprint density at radius 1 is 1.26 bits per heavy atom. The number of nitrogens with zero attached hydrogens (tertiary/aromatic N) is 1.